The zero-order chi connectivity index (χ0) is 13.8. The summed E-state index contributed by atoms with van der Waals surface area (Å²) in [5.74, 6) is 0.830. The molecule has 0 aromatic carbocycles. The molecule has 1 aromatic heterocycles. The summed E-state index contributed by atoms with van der Waals surface area (Å²) in [6, 6.07) is 2.01. The van der Waals surface area contributed by atoms with Gasteiger partial charge in [-0.2, -0.15) is 0 Å². The maximum absolute atomic E-state index is 12.1. The number of carbonyl (C=O) groups excluding carboxylic acids is 1. The predicted molar refractivity (Wildman–Crippen MR) is 72.9 cm³/mol. The van der Waals surface area contributed by atoms with E-state index >= 15 is 0 Å². The molecule has 6 heteroatoms. The Morgan fingerprint density at radius 3 is 2.84 bits per heavy atom. The van der Waals surface area contributed by atoms with Gasteiger partial charge in [0, 0.05) is 22.9 Å². The Bertz CT molecular complexity index is 466. The van der Waals surface area contributed by atoms with Crippen LogP contribution in [-0.4, -0.2) is 26.6 Å². The molecule has 106 valence electrons. The van der Waals surface area contributed by atoms with E-state index in [1.54, 1.807) is 19.9 Å². The standard InChI is InChI=1S/C13H20N2O3S/c1-9-7-12(15-18-9)8-19(17)10(2)13(16)14-11-5-3-4-6-11/h7,10-11H,3-6,8H2,1-2H3,(H,14,16)/t10-,19-/m0/s1. The second-order valence-electron chi connectivity index (χ2n) is 5.09. The van der Waals surface area contributed by atoms with Gasteiger partial charge >= 0.3 is 0 Å². The van der Waals surface area contributed by atoms with Crippen LogP contribution in [0.2, 0.25) is 0 Å². The first kappa shape index (κ1) is 14.2. The molecule has 1 aromatic rings. The molecule has 1 heterocycles. The average molecular weight is 284 g/mol. The topological polar surface area (TPSA) is 72.2 Å². The van der Waals surface area contributed by atoms with Crippen molar-refractivity contribution in [2.24, 2.45) is 0 Å². The molecule has 1 saturated carbocycles. The summed E-state index contributed by atoms with van der Waals surface area (Å²) < 4.78 is 17.0. The first-order chi connectivity index (χ1) is 9.06. The molecule has 5 nitrogen and oxygen atoms in total. The van der Waals surface area contributed by atoms with E-state index in [0.717, 1.165) is 12.8 Å². The Kier molecular flexibility index (Phi) is 4.74. The summed E-state index contributed by atoms with van der Waals surface area (Å²) in [6.45, 7) is 3.49. The van der Waals surface area contributed by atoms with Crippen molar-refractivity contribution in [1.29, 1.82) is 0 Å². The van der Waals surface area contributed by atoms with Crippen LogP contribution in [0.3, 0.4) is 0 Å². The van der Waals surface area contributed by atoms with Gasteiger partial charge in [-0.1, -0.05) is 18.0 Å². The summed E-state index contributed by atoms with van der Waals surface area (Å²) in [5.41, 5.74) is 0.636. The van der Waals surface area contributed by atoms with Crippen LogP contribution in [0.4, 0.5) is 0 Å². The van der Waals surface area contributed by atoms with Gasteiger partial charge in [0.1, 0.15) is 11.0 Å². The van der Waals surface area contributed by atoms with E-state index in [1.807, 2.05) is 0 Å². The van der Waals surface area contributed by atoms with Crippen molar-refractivity contribution < 1.29 is 13.5 Å². The minimum atomic E-state index is -1.27. The number of nitrogens with one attached hydrogen (secondary N) is 1. The molecule has 1 amide bonds. The van der Waals surface area contributed by atoms with Gasteiger partial charge in [-0.15, -0.1) is 0 Å². The molecule has 0 spiro atoms. The molecule has 1 aliphatic carbocycles. The highest BCUT2D eigenvalue weighted by Crippen LogP contribution is 2.18. The first-order valence-corrected chi connectivity index (χ1v) is 8.04. The fourth-order valence-corrected chi connectivity index (χ4v) is 3.25. The molecule has 1 fully saturated rings. The highest BCUT2D eigenvalue weighted by atomic mass is 32.2. The van der Waals surface area contributed by atoms with Crippen LogP contribution in [0.25, 0.3) is 0 Å². The van der Waals surface area contributed by atoms with Gasteiger partial charge in [-0.3, -0.25) is 9.00 Å². The van der Waals surface area contributed by atoms with Crippen LogP contribution in [0.1, 0.15) is 44.1 Å². The lowest BCUT2D eigenvalue weighted by Crippen LogP contribution is -2.40. The van der Waals surface area contributed by atoms with E-state index in [9.17, 15) is 9.00 Å². The summed E-state index contributed by atoms with van der Waals surface area (Å²) >= 11 is 0. The van der Waals surface area contributed by atoms with Gasteiger partial charge in [-0.05, 0) is 26.7 Å². The smallest absolute Gasteiger partial charge is 0.235 e. The molecule has 0 unspecified atom stereocenters. The van der Waals surface area contributed by atoms with Gasteiger partial charge in [0.2, 0.25) is 5.91 Å². The number of amides is 1. The minimum absolute atomic E-state index is 0.120. The number of hydrogen-bond donors (Lipinski definition) is 1. The predicted octanol–water partition coefficient (Wildman–Crippen LogP) is 1.68. The highest BCUT2D eigenvalue weighted by molar-refractivity contribution is 7.85. The molecular weight excluding hydrogens is 264 g/mol. The number of hydrogen-bond acceptors (Lipinski definition) is 4. The number of nitrogens with zero attached hydrogens (tertiary/aromatic N) is 1. The molecule has 0 aliphatic heterocycles. The summed E-state index contributed by atoms with van der Waals surface area (Å²) in [4.78, 5) is 12.0. The largest absolute Gasteiger partial charge is 0.361 e. The van der Waals surface area contributed by atoms with Gasteiger partial charge in [0.15, 0.2) is 0 Å². The highest BCUT2D eigenvalue weighted by Gasteiger charge is 2.24. The number of aromatic nitrogens is 1. The fourth-order valence-electron chi connectivity index (χ4n) is 2.26. The van der Waals surface area contributed by atoms with Gasteiger partial charge < -0.3 is 9.84 Å². The summed E-state index contributed by atoms with van der Waals surface area (Å²) in [6.07, 6.45) is 4.41. The molecule has 0 saturated heterocycles. The molecule has 19 heavy (non-hydrogen) atoms. The van der Waals surface area contributed by atoms with Crippen molar-refractivity contribution in [2.45, 2.75) is 56.6 Å². The lowest BCUT2D eigenvalue weighted by Gasteiger charge is -2.15. The molecular formula is C13H20N2O3S. The van der Waals surface area contributed by atoms with Crippen LogP contribution in [-0.2, 0) is 21.3 Å². The quantitative estimate of drug-likeness (QED) is 0.893. The zero-order valence-electron chi connectivity index (χ0n) is 11.3. The van der Waals surface area contributed by atoms with Crippen molar-refractivity contribution in [1.82, 2.24) is 10.5 Å². The normalized spacial score (nSPS) is 19.3. The second-order valence-corrected chi connectivity index (χ2v) is 6.84. The second kappa shape index (κ2) is 6.32. The molecule has 1 N–H and O–H groups in total. The third kappa shape index (κ3) is 3.89. The van der Waals surface area contributed by atoms with E-state index in [0.29, 0.717) is 11.5 Å². The third-order valence-electron chi connectivity index (χ3n) is 3.43. The third-order valence-corrected chi connectivity index (χ3v) is 5.02. The number of carbonyl (C=O) groups is 1. The minimum Gasteiger partial charge on any atom is -0.361 e. The monoisotopic (exact) mass is 284 g/mol. The summed E-state index contributed by atoms with van der Waals surface area (Å²) in [5, 5.41) is 6.26. The Morgan fingerprint density at radius 1 is 1.58 bits per heavy atom. The average Bonchev–Trinajstić information content (AvgIpc) is 3.00. The van der Waals surface area contributed by atoms with Crippen LogP contribution in [0.5, 0.6) is 0 Å². The van der Waals surface area contributed by atoms with Crippen LogP contribution < -0.4 is 5.32 Å². The van der Waals surface area contributed by atoms with Gasteiger partial charge in [0.05, 0.1) is 11.4 Å². The Morgan fingerprint density at radius 2 is 2.26 bits per heavy atom. The van der Waals surface area contributed by atoms with Crippen LogP contribution >= 0.6 is 0 Å². The van der Waals surface area contributed by atoms with Crippen LogP contribution in [0, 0.1) is 6.92 Å². The molecule has 2 rings (SSSR count). The van der Waals surface area contributed by atoms with E-state index in [4.69, 9.17) is 4.52 Å². The lowest BCUT2D eigenvalue weighted by atomic mass is 10.2. The maximum Gasteiger partial charge on any atom is 0.235 e. The van der Waals surface area contributed by atoms with Crippen molar-refractivity contribution in [3.63, 3.8) is 0 Å². The van der Waals surface area contributed by atoms with Crippen molar-refractivity contribution in [2.75, 3.05) is 0 Å². The van der Waals surface area contributed by atoms with E-state index in [2.05, 4.69) is 10.5 Å². The zero-order valence-corrected chi connectivity index (χ0v) is 12.2. The Labute approximate surface area is 115 Å². The molecule has 0 bridgehead atoms. The fraction of sp³-hybridized carbons (Fsp3) is 0.692. The number of aryl methyl sites for hydroxylation is 1. The molecule has 1 aliphatic rings. The first-order valence-electron chi connectivity index (χ1n) is 6.66. The van der Waals surface area contributed by atoms with Gasteiger partial charge in [-0.25, -0.2) is 0 Å². The number of rotatable bonds is 5. The van der Waals surface area contributed by atoms with Crippen molar-refractivity contribution >= 4 is 16.7 Å². The Balaban J connectivity index is 1.85. The Hall–Kier alpha value is -1.17. The van der Waals surface area contributed by atoms with Crippen molar-refractivity contribution in [3.8, 4) is 0 Å². The van der Waals surface area contributed by atoms with E-state index in [-0.39, 0.29) is 17.7 Å². The maximum atomic E-state index is 12.1. The SMILES string of the molecule is Cc1cc(C[S@](=O)[C@@H](C)C(=O)NC2CCCC2)no1. The van der Waals surface area contributed by atoms with Crippen LogP contribution in [0.15, 0.2) is 10.6 Å². The lowest BCUT2D eigenvalue weighted by molar-refractivity contribution is -0.121. The van der Waals surface area contributed by atoms with Gasteiger partial charge in [0.25, 0.3) is 0 Å². The molecule has 0 radical (unpaired) electrons. The molecule has 2 atom stereocenters. The summed E-state index contributed by atoms with van der Waals surface area (Å²) in [7, 11) is -1.27. The van der Waals surface area contributed by atoms with E-state index in [1.165, 1.54) is 12.8 Å². The van der Waals surface area contributed by atoms with E-state index < -0.39 is 16.0 Å². The van der Waals surface area contributed by atoms with Crippen molar-refractivity contribution in [3.05, 3.63) is 17.5 Å².